The van der Waals surface area contributed by atoms with Crippen molar-refractivity contribution >= 4 is 33.0 Å². The van der Waals surface area contributed by atoms with E-state index in [0.29, 0.717) is 17.1 Å². The van der Waals surface area contributed by atoms with Crippen molar-refractivity contribution in [3.63, 3.8) is 0 Å². The number of rotatable bonds is 7. The smallest absolute Gasteiger partial charge is 0.243 e. The maximum Gasteiger partial charge on any atom is 0.243 e. The van der Waals surface area contributed by atoms with Gasteiger partial charge in [0.1, 0.15) is 11.5 Å². The number of hydrogen-bond acceptors (Lipinski definition) is 5. The number of carbonyl (C=O) groups excluding carboxylic acids is 1. The monoisotopic (exact) mass is 451 g/mol. The van der Waals surface area contributed by atoms with Crippen LogP contribution in [0.1, 0.15) is 12.0 Å². The van der Waals surface area contributed by atoms with Crippen LogP contribution >= 0.6 is 0 Å². The number of nitrogens with one attached hydrogen (secondary N) is 2. The molecule has 0 aromatic heterocycles. The molecule has 0 saturated heterocycles. The summed E-state index contributed by atoms with van der Waals surface area (Å²) in [6.45, 7) is 0.888. The van der Waals surface area contributed by atoms with E-state index in [-0.39, 0.29) is 12.5 Å². The minimum absolute atomic E-state index is 0.156. The molecule has 0 saturated carbocycles. The zero-order valence-corrected chi connectivity index (χ0v) is 18.6. The number of fused-ring (bicyclic) bond motifs is 1. The summed E-state index contributed by atoms with van der Waals surface area (Å²) in [4.78, 5) is 14.7. The van der Waals surface area contributed by atoms with Gasteiger partial charge in [-0.1, -0.05) is 30.3 Å². The number of amides is 1. The highest BCUT2D eigenvalue weighted by Crippen LogP contribution is 2.33. The first kappa shape index (κ1) is 21.7. The molecule has 0 spiro atoms. The molecule has 0 radical (unpaired) electrons. The van der Waals surface area contributed by atoms with Crippen LogP contribution in [0.25, 0.3) is 0 Å². The molecule has 3 aromatic rings. The van der Waals surface area contributed by atoms with E-state index < -0.39 is 10.0 Å². The molecule has 0 unspecified atom stereocenters. The molecule has 1 aliphatic heterocycles. The predicted molar refractivity (Wildman–Crippen MR) is 127 cm³/mol. The highest BCUT2D eigenvalue weighted by atomic mass is 32.2. The van der Waals surface area contributed by atoms with Crippen molar-refractivity contribution in [2.24, 2.45) is 0 Å². The molecule has 166 valence electrons. The van der Waals surface area contributed by atoms with Gasteiger partial charge in [0.15, 0.2) is 0 Å². The van der Waals surface area contributed by atoms with Crippen LogP contribution in [0.4, 0.5) is 17.1 Å². The zero-order valence-electron chi connectivity index (χ0n) is 17.7. The molecule has 1 heterocycles. The van der Waals surface area contributed by atoms with E-state index in [2.05, 4.69) is 10.0 Å². The first-order valence-corrected chi connectivity index (χ1v) is 12.2. The molecule has 7 nitrogen and oxygen atoms in total. The van der Waals surface area contributed by atoms with Crippen molar-refractivity contribution in [1.29, 1.82) is 0 Å². The summed E-state index contributed by atoms with van der Waals surface area (Å²) in [7, 11) is -3.38. The summed E-state index contributed by atoms with van der Waals surface area (Å²) in [6, 6.07) is 22.2. The van der Waals surface area contributed by atoms with Gasteiger partial charge in [-0.25, -0.2) is 8.42 Å². The zero-order chi connectivity index (χ0) is 22.6. The van der Waals surface area contributed by atoms with Gasteiger partial charge in [0.25, 0.3) is 0 Å². The molecule has 4 rings (SSSR count). The van der Waals surface area contributed by atoms with E-state index in [1.807, 2.05) is 59.5 Å². The quantitative estimate of drug-likeness (QED) is 0.561. The summed E-state index contributed by atoms with van der Waals surface area (Å²) in [5, 5.41) is 2.93. The number of nitrogens with zero attached hydrogens (tertiary/aromatic N) is 1. The Hall–Kier alpha value is -3.52. The number of para-hydroxylation sites is 1. The Kier molecular flexibility index (Phi) is 6.32. The molecule has 2 N–H and O–H groups in total. The summed E-state index contributed by atoms with van der Waals surface area (Å²) in [5.74, 6) is 1.20. The Morgan fingerprint density at radius 3 is 2.53 bits per heavy atom. The standard InChI is InChI=1S/C24H25N3O4S/c1-32(29,30)26-22-13-6-14-23-21(22)12-7-15-27(23)17-24(28)25-18-8-5-11-20(16-18)31-19-9-3-2-4-10-19/h2-6,8-11,13-14,16,26H,7,12,15,17H2,1H3,(H,25,28). The molecule has 32 heavy (non-hydrogen) atoms. The second kappa shape index (κ2) is 9.32. The average molecular weight is 452 g/mol. The van der Waals surface area contributed by atoms with Crippen LogP contribution in [0.3, 0.4) is 0 Å². The van der Waals surface area contributed by atoms with Crippen LogP contribution in [0.15, 0.2) is 72.8 Å². The number of hydrogen-bond donors (Lipinski definition) is 2. The number of benzene rings is 3. The van der Waals surface area contributed by atoms with E-state index in [1.165, 1.54) is 0 Å². The highest BCUT2D eigenvalue weighted by molar-refractivity contribution is 7.92. The SMILES string of the molecule is CS(=O)(=O)Nc1cccc2c1CCCN2CC(=O)Nc1cccc(Oc2ccccc2)c1. The van der Waals surface area contributed by atoms with Crippen LogP contribution in [-0.4, -0.2) is 33.7 Å². The minimum Gasteiger partial charge on any atom is -0.457 e. The predicted octanol–water partition coefficient (Wildman–Crippen LogP) is 4.24. The summed E-state index contributed by atoms with van der Waals surface area (Å²) in [5.41, 5.74) is 3.01. The molecule has 0 atom stereocenters. The Balaban J connectivity index is 1.45. The van der Waals surface area contributed by atoms with E-state index in [9.17, 15) is 13.2 Å². The summed E-state index contributed by atoms with van der Waals surface area (Å²) in [6.07, 6.45) is 2.73. The van der Waals surface area contributed by atoms with E-state index in [4.69, 9.17) is 4.74 Å². The second-order valence-electron chi connectivity index (χ2n) is 7.69. The average Bonchev–Trinajstić information content (AvgIpc) is 2.74. The normalized spacial score (nSPS) is 13.2. The van der Waals surface area contributed by atoms with Crippen molar-refractivity contribution in [1.82, 2.24) is 0 Å². The fourth-order valence-corrected chi connectivity index (χ4v) is 4.39. The van der Waals surface area contributed by atoms with Crippen molar-refractivity contribution in [2.45, 2.75) is 12.8 Å². The third-order valence-corrected chi connectivity index (χ3v) is 5.66. The number of carbonyl (C=O) groups is 1. The molecule has 0 aliphatic carbocycles. The van der Waals surface area contributed by atoms with Crippen LogP contribution in [0.2, 0.25) is 0 Å². The minimum atomic E-state index is -3.38. The van der Waals surface area contributed by atoms with Gasteiger partial charge in [-0.05, 0) is 54.8 Å². The maximum atomic E-state index is 12.8. The topological polar surface area (TPSA) is 87.7 Å². The molecule has 3 aromatic carbocycles. The van der Waals surface area contributed by atoms with Crippen molar-refractivity contribution < 1.29 is 17.9 Å². The Morgan fingerprint density at radius 1 is 1.00 bits per heavy atom. The molecular weight excluding hydrogens is 426 g/mol. The number of ether oxygens (including phenoxy) is 1. The van der Waals surface area contributed by atoms with Gasteiger partial charge in [-0.2, -0.15) is 0 Å². The third kappa shape index (κ3) is 5.59. The van der Waals surface area contributed by atoms with Crippen molar-refractivity contribution in [2.75, 3.05) is 34.3 Å². The lowest BCUT2D eigenvalue weighted by Gasteiger charge is -2.32. The van der Waals surface area contributed by atoms with Gasteiger partial charge in [-0.15, -0.1) is 0 Å². The fourth-order valence-electron chi connectivity index (χ4n) is 3.80. The lowest BCUT2D eigenvalue weighted by molar-refractivity contribution is -0.115. The summed E-state index contributed by atoms with van der Waals surface area (Å²) >= 11 is 0. The molecule has 1 amide bonds. The van der Waals surface area contributed by atoms with Gasteiger partial charge in [0.2, 0.25) is 15.9 Å². The third-order valence-electron chi connectivity index (χ3n) is 5.07. The summed E-state index contributed by atoms with van der Waals surface area (Å²) < 4.78 is 31.8. The largest absolute Gasteiger partial charge is 0.457 e. The van der Waals surface area contributed by atoms with Crippen LogP contribution < -0.4 is 19.7 Å². The molecule has 0 fully saturated rings. The van der Waals surface area contributed by atoms with Crippen LogP contribution in [0.5, 0.6) is 11.5 Å². The van der Waals surface area contributed by atoms with E-state index in [1.54, 1.807) is 18.2 Å². The maximum absolute atomic E-state index is 12.8. The molecule has 0 bridgehead atoms. The van der Waals surface area contributed by atoms with Crippen LogP contribution in [-0.2, 0) is 21.2 Å². The molecular formula is C24H25N3O4S. The first-order valence-electron chi connectivity index (χ1n) is 10.3. The fraction of sp³-hybridized carbons (Fsp3) is 0.208. The molecule has 8 heteroatoms. The van der Waals surface area contributed by atoms with Gasteiger partial charge in [0.05, 0.1) is 18.5 Å². The van der Waals surface area contributed by atoms with Gasteiger partial charge < -0.3 is 15.0 Å². The van der Waals surface area contributed by atoms with Crippen molar-refractivity contribution in [3.8, 4) is 11.5 Å². The van der Waals surface area contributed by atoms with Gasteiger partial charge in [0, 0.05) is 24.0 Å². The van der Waals surface area contributed by atoms with Crippen LogP contribution in [0, 0.1) is 0 Å². The van der Waals surface area contributed by atoms with Gasteiger partial charge >= 0.3 is 0 Å². The van der Waals surface area contributed by atoms with Gasteiger partial charge in [-0.3, -0.25) is 9.52 Å². The Bertz CT molecular complexity index is 1210. The lowest BCUT2D eigenvalue weighted by Crippen LogP contribution is -2.37. The Morgan fingerprint density at radius 2 is 1.75 bits per heavy atom. The van der Waals surface area contributed by atoms with E-state index in [0.717, 1.165) is 42.6 Å². The van der Waals surface area contributed by atoms with E-state index >= 15 is 0 Å². The number of anilines is 3. The van der Waals surface area contributed by atoms with Crippen molar-refractivity contribution in [3.05, 3.63) is 78.4 Å². The number of sulfonamides is 1. The lowest BCUT2D eigenvalue weighted by atomic mass is 10.00. The second-order valence-corrected chi connectivity index (χ2v) is 9.44. The first-order chi connectivity index (χ1) is 15.4. The highest BCUT2D eigenvalue weighted by Gasteiger charge is 2.22. The Labute approximate surface area is 188 Å². The molecule has 1 aliphatic rings.